The van der Waals surface area contributed by atoms with Gasteiger partial charge in [0.15, 0.2) is 0 Å². The maximum absolute atomic E-state index is 14.4. The second-order valence-electron chi connectivity index (χ2n) is 9.09. The molecule has 6 nitrogen and oxygen atoms in total. The molecule has 1 heterocycles. The summed E-state index contributed by atoms with van der Waals surface area (Å²) in [6.07, 6.45) is -0.267. The normalized spacial score (nSPS) is 17.5. The van der Waals surface area contributed by atoms with E-state index in [1.807, 2.05) is 52.0 Å². The summed E-state index contributed by atoms with van der Waals surface area (Å²) in [6.45, 7) is 10.7. The second-order valence-corrected chi connectivity index (χ2v) is 9.09. The SMILES string of the molecule is C[C@H]1CN(Cc2cccc(-c3cc(CN=N)ccc3F)c2)CCN1C(=O)OC(C)(C)C. The number of halogens is 1. The highest BCUT2D eigenvalue weighted by Gasteiger charge is 2.30. The predicted octanol–water partition coefficient (Wildman–Crippen LogP) is 5.46. The fraction of sp³-hybridized carbons (Fsp3) is 0.458. The molecule has 2 aromatic rings. The molecule has 31 heavy (non-hydrogen) atoms. The lowest BCUT2D eigenvalue weighted by atomic mass is 10.00. The van der Waals surface area contributed by atoms with E-state index in [9.17, 15) is 9.18 Å². The molecule has 1 atom stereocenters. The van der Waals surface area contributed by atoms with Gasteiger partial charge in [-0.1, -0.05) is 24.3 Å². The minimum absolute atomic E-state index is 0.0505. The number of ether oxygens (including phenoxy) is 1. The zero-order valence-electron chi connectivity index (χ0n) is 18.7. The van der Waals surface area contributed by atoms with Gasteiger partial charge in [0.2, 0.25) is 0 Å². The third-order valence-electron chi connectivity index (χ3n) is 5.28. The topological polar surface area (TPSA) is 69.0 Å². The number of rotatable bonds is 5. The molecular formula is C24H31FN4O2. The van der Waals surface area contributed by atoms with Crippen molar-refractivity contribution in [1.82, 2.24) is 9.80 Å². The molecule has 0 aliphatic carbocycles. The molecule has 7 heteroatoms. The molecule has 1 aliphatic rings. The number of carbonyl (C=O) groups excluding carboxylic acids is 1. The van der Waals surface area contributed by atoms with Crippen LogP contribution >= 0.6 is 0 Å². The highest BCUT2D eigenvalue weighted by atomic mass is 19.1. The van der Waals surface area contributed by atoms with E-state index in [0.717, 1.165) is 36.3 Å². The summed E-state index contributed by atoms with van der Waals surface area (Å²) in [5, 5.41) is 3.39. The van der Waals surface area contributed by atoms with E-state index in [-0.39, 0.29) is 24.5 Å². The summed E-state index contributed by atoms with van der Waals surface area (Å²) in [5.74, 6) is -0.287. The highest BCUT2D eigenvalue weighted by Crippen LogP contribution is 2.26. The minimum atomic E-state index is -0.504. The van der Waals surface area contributed by atoms with Crippen LogP contribution in [-0.2, 0) is 17.8 Å². The summed E-state index contributed by atoms with van der Waals surface area (Å²) in [5.41, 5.74) is 9.76. The maximum atomic E-state index is 14.4. The Morgan fingerprint density at radius 2 is 1.97 bits per heavy atom. The summed E-state index contributed by atoms with van der Waals surface area (Å²) < 4.78 is 20.0. The predicted molar refractivity (Wildman–Crippen MR) is 118 cm³/mol. The van der Waals surface area contributed by atoms with Gasteiger partial charge >= 0.3 is 6.09 Å². The van der Waals surface area contributed by atoms with Crippen LogP contribution in [0.2, 0.25) is 0 Å². The number of amides is 1. The molecule has 0 unspecified atom stereocenters. The molecule has 0 radical (unpaired) electrons. The molecule has 0 saturated carbocycles. The molecule has 0 spiro atoms. The number of hydrogen-bond acceptors (Lipinski definition) is 5. The third kappa shape index (κ3) is 6.10. The third-order valence-corrected chi connectivity index (χ3v) is 5.28. The molecule has 1 saturated heterocycles. The van der Waals surface area contributed by atoms with Crippen LogP contribution in [0.5, 0.6) is 0 Å². The average Bonchev–Trinajstić information content (AvgIpc) is 2.68. The van der Waals surface area contributed by atoms with Crippen molar-refractivity contribution in [2.24, 2.45) is 5.11 Å². The molecule has 2 aromatic carbocycles. The van der Waals surface area contributed by atoms with Crippen LogP contribution in [0.15, 0.2) is 47.6 Å². The summed E-state index contributed by atoms with van der Waals surface area (Å²) in [4.78, 5) is 16.5. The first-order valence-corrected chi connectivity index (χ1v) is 10.6. The monoisotopic (exact) mass is 426 g/mol. The maximum Gasteiger partial charge on any atom is 0.410 e. The van der Waals surface area contributed by atoms with E-state index in [0.29, 0.717) is 12.1 Å². The van der Waals surface area contributed by atoms with E-state index in [1.54, 1.807) is 17.0 Å². The van der Waals surface area contributed by atoms with E-state index in [4.69, 9.17) is 10.3 Å². The lowest BCUT2D eigenvalue weighted by Gasteiger charge is -2.40. The van der Waals surface area contributed by atoms with Crippen molar-refractivity contribution in [2.45, 2.75) is 52.4 Å². The number of carbonyl (C=O) groups is 1. The van der Waals surface area contributed by atoms with Crippen molar-refractivity contribution in [1.29, 1.82) is 5.53 Å². The Bertz CT molecular complexity index is 941. The molecule has 3 rings (SSSR count). The van der Waals surface area contributed by atoms with Gasteiger partial charge in [0, 0.05) is 37.8 Å². The van der Waals surface area contributed by atoms with Crippen molar-refractivity contribution in [3.63, 3.8) is 0 Å². The van der Waals surface area contributed by atoms with Crippen LogP contribution in [0.4, 0.5) is 9.18 Å². The van der Waals surface area contributed by atoms with Gasteiger partial charge in [-0.25, -0.2) is 14.7 Å². The van der Waals surface area contributed by atoms with Crippen molar-refractivity contribution in [3.8, 4) is 11.1 Å². The fourth-order valence-corrected chi connectivity index (χ4v) is 3.85. The summed E-state index contributed by atoms with van der Waals surface area (Å²) in [6, 6.07) is 12.8. The van der Waals surface area contributed by atoms with Crippen LogP contribution in [0.1, 0.15) is 38.8 Å². The number of benzene rings is 2. The number of nitrogens with zero attached hydrogens (tertiary/aromatic N) is 3. The molecule has 1 aliphatic heterocycles. The van der Waals surface area contributed by atoms with Gasteiger partial charge in [-0.15, -0.1) is 0 Å². The number of hydrogen-bond donors (Lipinski definition) is 1. The zero-order valence-corrected chi connectivity index (χ0v) is 18.7. The average molecular weight is 427 g/mol. The van der Waals surface area contributed by atoms with E-state index < -0.39 is 5.60 Å². The van der Waals surface area contributed by atoms with Crippen molar-refractivity contribution >= 4 is 6.09 Å². The van der Waals surface area contributed by atoms with Crippen LogP contribution in [-0.4, -0.2) is 47.2 Å². The first kappa shape index (κ1) is 22.9. The van der Waals surface area contributed by atoms with Gasteiger partial charge < -0.3 is 9.64 Å². The van der Waals surface area contributed by atoms with E-state index in [2.05, 4.69) is 10.0 Å². The van der Waals surface area contributed by atoms with Crippen LogP contribution in [0, 0.1) is 11.3 Å². The number of piperazine rings is 1. The van der Waals surface area contributed by atoms with Gasteiger partial charge in [0.1, 0.15) is 11.4 Å². The standard InChI is InChI=1S/C24H31FN4O2/c1-17-15-28(10-11-29(17)23(30)31-24(2,3)4)16-19-6-5-7-20(12-19)21-13-18(14-27-26)8-9-22(21)25/h5-9,12-13,17,26H,10-11,14-16H2,1-4H3/t17-/m0/s1. The molecule has 0 aromatic heterocycles. The van der Waals surface area contributed by atoms with E-state index >= 15 is 0 Å². The highest BCUT2D eigenvalue weighted by molar-refractivity contribution is 5.68. The van der Waals surface area contributed by atoms with Crippen molar-refractivity contribution < 1.29 is 13.9 Å². The van der Waals surface area contributed by atoms with Gasteiger partial charge in [-0.2, -0.15) is 5.11 Å². The Labute approximate surface area is 183 Å². The Morgan fingerprint density at radius 3 is 2.65 bits per heavy atom. The Hall–Kier alpha value is -2.80. The van der Waals surface area contributed by atoms with Crippen LogP contribution in [0.25, 0.3) is 11.1 Å². The first-order valence-electron chi connectivity index (χ1n) is 10.6. The van der Waals surface area contributed by atoms with Gasteiger partial charge in [-0.05, 0) is 62.6 Å². The second kappa shape index (κ2) is 9.56. The van der Waals surface area contributed by atoms with Crippen molar-refractivity contribution in [3.05, 3.63) is 59.4 Å². The molecule has 1 amide bonds. The molecule has 1 N–H and O–H groups in total. The van der Waals surface area contributed by atoms with Crippen LogP contribution in [0.3, 0.4) is 0 Å². The lowest BCUT2D eigenvalue weighted by Crippen LogP contribution is -2.54. The molecule has 1 fully saturated rings. The minimum Gasteiger partial charge on any atom is -0.444 e. The van der Waals surface area contributed by atoms with Gasteiger partial charge in [0.05, 0.1) is 6.54 Å². The summed E-state index contributed by atoms with van der Waals surface area (Å²) >= 11 is 0. The van der Waals surface area contributed by atoms with Crippen molar-refractivity contribution in [2.75, 3.05) is 19.6 Å². The molecule has 166 valence electrons. The lowest BCUT2D eigenvalue weighted by molar-refractivity contribution is 0.000563. The fourth-order valence-electron chi connectivity index (χ4n) is 3.85. The Kier molecular flexibility index (Phi) is 7.05. The van der Waals surface area contributed by atoms with E-state index in [1.165, 1.54) is 6.07 Å². The smallest absolute Gasteiger partial charge is 0.410 e. The van der Waals surface area contributed by atoms with Gasteiger partial charge in [0.25, 0.3) is 0 Å². The first-order chi connectivity index (χ1) is 14.7. The van der Waals surface area contributed by atoms with Gasteiger partial charge in [-0.3, -0.25) is 4.90 Å². The molecule has 0 bridgehead atoms. The summed E-state index contributed by atoms with van der Waals surface area (Å²) in [7, 11) is 0. The zero-order chi connectivity index (χ0) is 22.6. The van der Waals surface area contributed by atoms with Crippen LogP contribution < -0.4 is 0 Å². The Morgan fingerprint density at radius 1 is 1.19 bits per heavy atom. The largest absolute Gasteiger partial charge is 0.444 e. The molecular weight excluding hydrogens is 395 g/mol. The quantitative estimate of drug-likeness (QED) is 0.645. The number of nitrogens with one attached hydrogen (secondary N) is 1. The Balaban J connectivity index is 1.68.